The average molecular weight is 203 g/mol. The van der Waals surface area contributed by atoms with Gasteiger partial charge in [-0.3, -0.25) is 4.79 Å². The molecular formula is C10H21NOS. The Bertz CT molecular complexity index is 168. The Kier molecular flexibility index (Phi) is 5.45. The van der Waals surface area contributed by atoms with Crippen molar-refractivity contribution >= 4 is 18.5 Å². The minimum Gasteiger partial charge on any atom is -0.352 e. The Morgan fingerprint density at radius 1 is 1.54 bits per heavy atom. The van der Waals surface area contributed by atoms with Gasteiger partial charge in [-0.25, -0.2) is 0 Å². The molecule has 0 radical (unpaired) electrons. The maximum atomic E-state index is 10.9. The van der Waals surface area contributed by atoms with Crippen molar-refractivity contribution in [1.82, 2.24) is 5.32 Å². The SMILES string of the molecule is CCCC(C)(C)[C@@H](CS)NC(C)=O. The van der Waals surface area contributed by atoms with E-state index in [2.05, 4.69) is 38.7 Å². The van der Waals surface area contributed by atoms with Gasteiger partial charge >= 0.3 is 0 Å². The number of nitrogens with one attached hydrogen (secondary N) is 1. The molecule has 1 atom stereocenters. The molecule has 0 unspecified atom stereocenters. The smallest absolute Gasteiger partial charge is 0.217 e. The largest absolute Gasteiger partial charge is 0.352 e. The molecule has 0 saturated carbocycles. The monoisotopic (exact) mass is 203 g/mol. The summed E-state index contributed by atoms with van der Waals surface area (Å²) in [5.74, 6) is 0.732. The molecule has 0 rings (SSSR count). The van der Waals surface area contributed by atoms with Crippen molar-refractivity contribution in [2.75, 3.05) is 5.75 Å². The summed E-state index contributed by atoms with van der Waals surface area (Å²) in [5.41, 5.74) is 0.141. The molecule has 1 amide bonds. The normalized spacial score (nSPS) is 13.9. The van der Waals surface area contributed by atoms with E-state index >= 15 is 0 Å². The summed E-state index contributed by atoms with van der Waals surface area (Å²) in [6.45, 7) is 8.06. The number of hydrogen-bond acceptors (Lipinski definition) is 2. The van der Waals surface area contributed by atoms with Gasteiger partial charge in [0.15, 0.2) is 0 Å². The minimum absolute atomic E-state index is 0.0308. The van der Waals surface area contributed by atoms with E-state index < -0.39 is 0 Å². The lowest BCUT2D eigenvalue weighted by molar-refractivity contribution is -0.120. The number of hydrogen-bond donors (Lipinski definition) is 2. The molecular weight excluding hydrogens is 182 g/mol. The first kappa shape index (κ1) is 12.8. The van der Waals surface area contributed by atoms with Crippen LogP contribution < -0.4 is 5.32 Å². The van der Waals surface area contributed by atoms with Crippen LogP contribution in [0.1, 0.15) is 40.5 Å². The first-order valence-electron chi connectivity index (χ1n) is 4.82. The van der Waals surface area contributed by atoms with Crippen LogP contribution in [0.15, 0.2) is 0 Å². The van der Waals surface area contributed by atoms with Crippen molar-refractivity contribution in [1.29, 1.82) is 0 Å². The van der Waals surface area contributed by atoms with Crippen LogP contribution >= 0.6 is 12.6 Å². The van der Waals surface area contributed by atoms with Gasteiger partial charge in [0, 0.05) is 18.7 Å². The Balaban J connectivity index is 4.27. The predicted octanol–water partition coefficient (Wildman–Crippen LogP) is 2.25. The third kappa shape index (κ3) is 4.55. The molecule has 0 fully saturated rings. The van der Waals surface area contributed by atoms with E-state index in [1.54, 1.807) is 6.92 Å². The fourth-order valence-corrected chi connectivity index (χ4v) is 2.14. The van der Waals surface area contributed by atoms with E-state index in [4.69, 9.17) is 0 Å². The second kappa shape index (κ2) is 5.53. The van der Waals surface area contributed by atoms with Gasteiger partial charge in [-0.15, -0.1) is 0 Å². The maximum absolute atomic E-state index is 10.9. The third-order valence-electron chi connectivity index (χ3n) is 2.40. The Hall–Kier alpha value is -0.180. The van der Waals surface area contributed by atoms with Gasteiger partial charge in [0.05, 0.1) is 0 Å². The van der Waals surface area contributed by atoms with Gasteiger partial charge in [-0.05, 0) is 11.8 Å². The van der Waals surface area contributed by atoms with Crippen molar-refractivity contribution in [2.24, 2.45) is 5.41 Å². The predicted molar refractivity (Wildman–Crippen MR) is 60.1 cm³/mol. The van der Waals surface area contributed by atoms with Crippen LogP contribution in [0.4, 0.5) is 0 Å². The molecule has 0 aliphatic rings. The number of carbonyl (C=O) groups excluding carboxylic acids is 1. The summed E-state index contributed by atoms with van der Waals surface area (Å²) in [6.07, 6.45) is 2.25. The number of amides is 1. The quantitative estimate of drug-likeness (QED) is 0.659. The Morgan fingerprint density at radius 3 is 2.38 bits per heavy atom. The lowest BCUT2D eigenvalue weighted by Crippen LogP contribution is -2.45. The van der Waals surface area contributed by atoms with Crippen LogP contribution in [0.3, 0.4) is 0 Å². The number of carbonyl (C=O) groups is 1. The molecule has 78 valence electrons. The molecule has 0 aromatic heterocycles. The van der Waals surface area contributed by atoms with Crippen molar-refractivity contribution in [3.63, 3.8) is 0 Å². The highest BCUT2D eigenvalue weighted by Gasteiger charge is 2.27. The second-order valence-electron chi connectivity index (χ2n) is 4.17. The van der Waals surface area contributed by atoms with Crippen LogP contribution in [-0.2, 0) is 4.79 Å². The summed E-state index contributed by atoms with van der Waals surface area (Å²) in [4.78, 5) is 10.9. The summed E-state index contributed by atoms with van der Waals surface area (Å²) in [7, 11) is 0. The molecule has 0 aliphatic heterocycles. The van der Waals surface area contributed by atoms with Gasteiger partial charge in [-0.1, -0.05) is 27.2 Å². The molecule has 0 spiro atoms. The van der Waals surface area contributed by atoms with Crippen LogP contribution in [0.5, 0.6) is 0 Å². The van der Waals surface area contributed by atoms with E-state index in [0.717, 1.165) is 12.8 Å². The molecule has 13 heavy (non-hydrogen) atoms. The molecule has 3 heteroatoms. The fraction of sp³-hybridized carbons (Fsp3) is 0.900. The fourth-order valence-electron chi connectivity index (χ4n) is 1.55. The standard InChI is InChI=1S/C10H21NOS/c1-5-6-10(3,4)9(7-13)11-8(2)12/h9,13H,5-7H2,1-4H3,(H,11,12)/t9-/m1/s1. The van der Waals surface area contributed by atoms with Crippen LogP contribution in [0.25, 0.3) is 0 Å². The molecule has 0 bridgehead atoms. The molecule has 0 aliphatic carbocycles. The van der Waals surface area contributed by atoms with Crippen molar-refractivity contribution in [3.8, 4) is 0 Å². The van der Waals surface area contributed by atoms with Gasteiger partial charge in [0.1, 0.15) is 0 Å². The molecule has 0 aromatic rings. The molecule has 0 heterocycles. The van der Waals surface area contributed by atoms with Crippen molar-refractivity contribution in [2.45, 2.75) is 46.6 Å². The Labute approximate surface area is 86.9 Å². The summed E-state index contributed by atoms with van der Waals surface area (Å²) in [6, 6.07) is 0.174. The van der Waals surface area contributed by atoms with E-state index in [9.17, 15) is 4.79 Å². The molecule has 2 nitrogen and oxygen atoms in total. The highest BCUT2D eigenvalue weighted by molar-refractivity contribution is 7.80. The molecule has 1 N–H and O–H groups in total. The Morgan fingerprint density at radius 2 is 2.08 bits per heavy atom. The first-order valence-corrected chi connectivity index (χ1v) is 5.45. The van der Waals surface area contributed by atoms with Crippen molar-refractivity contribution < 1.29 is 4.79 Å². The summed E-state index contributed by atoms with van der Waals surface area (Å²) < 4.78 is 0. The van der Waals surface area contributed by atoms with Gasteiger partial charge < -0.3 is 5.32 Å². The summed E-state index contributed by atoms with van der Waals surface area (Å²) >= 11 is 4.26. The van der Waals surface area contributed by atoms with E-state index in [-0.39, 0.29) is 17.4 Å². The van der Waals surface area contributed by atoms with Crippen LogP contribution in [0, 0.1) is 5.41 Å². The highest BCUT2D eigenvalue weighted by atomic mass is 32.1. The highest BCUT2D eigenvalue weighted by Crippen LogP contribution is 2.27. The van der Waals surface area contributed by atoms with Crippen LogP contribution in [0.2, 0.25) is 0 Å². The third-order valence-corrected chi connectivity index (χ3v) is 2.76. The summed E-state index contributed by atoms with van der Waals surface area (Å²) in [5, 5.41) is 2.94. The number of thiol groups is 1. The van der Waals surface area contributed by atoms with E-state index in [0.29, 0.717) is 5.75 Å². The zero-order valence-electron chi connectivity index (χ0n) is 9.05. The van der Waals surface area contributed by atoms with Gasteiger partial charge in [-0.2, -0.15) is 12.6 Å². The number of rotatable bonds is 5. The first-order chi connectivity index (χ1) is 5.94. The lowest BCUT2D eigenvalue weighted by atomic mass is 9.81. The maximum Gasteiger partial charge on any atom is 0.217 e. The van der Waals surface area contributed by atoms with Crippen molar-refractivity contribution in [3.05, 3.63) is 0 Å². The van der Waals surface area contributed by atoms with Gasteiger partial charge in [0.25, 0.3) is 0 Å². The van der Waals surface area contributed by atoms with E-state index in [1.807, 2.05) is 0 Å². The molecule has 0 saturated heterocycles. The zero-order chi connectivity index (χ0) is 10.5. The van der Waals surface area contributed by atoms with Gasteiger partial charge in [0.2, 0.25) is 5.91 Å². The van der Waals surface area contributed by atoms with Crippen LogP contribution in [-0.4, -0.2) is 17.7 Å². The second-order valence-corrected chi connectivity index (χ2v) is 4.54. The zero-order valence-corrected chi connectivity index (χ0v) is 9.95. The minimum atomic E-state index is 0.0308. The topological polar surface area (TPSA) is 29.1 Å². The average Bonchev–Trinajstić information content (AvgIpc) is 1.99. The van der Waals surface area contributed by atoms with E-state index in [1.165, 1.54) is 0 Å². The molecule has 0 aromatic carbocycles. The lowest BCUT2D eigenvalue weighted by Gasteiger charge is -2.33.